The predicted molar refractivity (Wildman–Crippen MR) is 114 cm³/mol. The lowest BCUT2D eigenvalue weighted by atomic mass is 10.2. The molecular weight excluding hydrogens is 402 g/mol. The molecule has 2 aromatic carbocycles. The molecule has 9 nitrogen and oxygen atoms in total. The Morgan fingerprint density at radius 3 is 2.42 bits per heavy atom. The van der Waals surface area contributed by atoms with E-state index in [2.05, 4.69) is 4.98 Å². The van der Waals surface area contributed by atoms with E-state index in [-0.39, 0.29) is 18.7 Å². The number of hydrogen-bond donors (Lipinski definition) is 2. The summed E-state index contributed by atoms with van der Waals surface area (Å²) in [6, 6.07) is 13.8. The number of esters is 1. The molecule has 0 spiro atoms. The molecule has 0 saturated heterocycles. The number of ether oxygens (including phenoxy) is 3. The maximum atomic E-state index is 12.7. The Hall–Kier alpha value is -4.01. The number of benzene rings is 2. The van der Waals surface area contributed by atoms with Crippen LogP contribution in [0.15, 0.2) is 48.5 Å². The molecule has 3 N–H and O–H groups in total. The molecule has 162 valence electrons. The van der Waals surface area contributed by atoms with Gasteiger partial charge in [0.15, 0.2) is 6.61 Å². The van der Waals surface area contributed by atoms with Gasteiger partial charge in [0.05, 0.1) is 19.7 Å². The molecule has 0 aliphatic heterocycles. The second-order valence-electron chi connectivity index (χ2n) is 6.65. The van der Waals surface area contributed by atoms with E-state index >= 15 is 0 Å². The van der Waals surface area contributed by atoms with Gasteiger partial charge in [-0.2, -0.15) is 0 Å². The number of aromatic amines is 1. The zero-order chi connectivity index (χ0) is 22.4. The summed E-state index contributed by atoms with van der Waals surface area (Å²) in [7, 11) is 3.04. The van der Waals surface area contributed by atoms with Crippen molar-refractivity contribution < 1.29 is 28.6 Å². The number of methoxy groups -OCH3 is 2. The number of carbonyl (C=O) groups is 3. The molecular formula is C22H23N3O6. The van der Waals surface area contributed by atoms with Crippen LogP contribution in [-0.2, 0) is 14.3 Å². The highest BCUT2D eigenvalue weighted by Crippen LogP contribution is 2.31. The molecule has 9 heteroatoms. The number of nitrogens with two attached hydrogens (primary N) is 1. The van der Waals surface area contributed by atoms with Crippen molar-refractivity contribution in [2.24, 2.45) is 5.73 Å². The first-order valence-electron chi connectivity index (χ1n) is 9.48. The Labute approximate surface area is 178 Å². The molecule has 0 radical (unpaired) electrons. The number of amides is 2. The van der Waals surface area contributed by atoms with Gasteiger partial charge in [-0.1, -0.05) is 18.2 Å². The smallest absolute Gasteiger partial charge is 0.355 e. The zero-order valence-electron chi connectivity index (χ0n) is 17.2. The first kappa shape index (κ1) is 21.7. The topological polar surface area (TPSA) is 124 Å². The molecule has 1 heterocycles. The number of primary amides is 1. The van der Waals surface area contributed by atoms with E-state index in [4.69, 9.17) is 19.9 Å². The van der Waals surface area contributed by atoms with Crippen molar-refractivity contribution in [1.29, 1.82) is 0 Å². The summed E-state index contributed by atoms with van der Waals surface area (Å²) in [5.41, 5.74) is 6.56. The Morgan fingerprint density at radius 1 is 1.03 bits per heavy atom. The van der Waals surface area contributed by atoms with Crippen LogP contribution in [0, 0.1) is 0 Å². The second kappa shape index (κ2) is 9.66. The van der Waals surface area contributed by atoms with E-state index in [0.29, 0.717) is 28.1 Å². The first-order valence-corrected chi connectivity index (χ1v) is 9.48. The first-order chi connectivity index (χ1) is 14.9. The number of aromatic nitrogens is 1. The van der Waals surface area contributed by atoms with Crippen LogP contribution in [0.3, 0.4) is 0 Å². The van der Waals surface area contributed by atoms with Gasteiger partial charge in [-0.15, -0.1) is 0 Å². The highest BCUT2D eigenvalue weighted by Gasteiger charge is 2.20. The molecule has 0 aliphatic rings. The van der Waals surface area contributed by atoms with Crippen LogP contribution in [0.5, 0.6) is 11.5 Å². The molecule has 0 atom stereocenters. The molecule has 3 rings (SSSR count). The Bertz CT molecular complexity index is 1090. The van der Waals surface area contributed by atoms with E-state index in [1.807, 2.05) is 0 Å². The van der Waals surface area contributed by atoms with Gasteiger partial charge in [-0.05, 0) is 24.3 Å². The van der Waals surface area contributed by atoms with Crippen LogP contribution in [-0.4, -0.2) is 50.1 Å². The SMILES string of the molecule is COc1cc(OC)c2[nH]c(C(=O)OCC(=O)N(CCC(N)=O)c3ccccc3)cc2c1. The summed E-state index contributed by atoms with van der Waals surface area (Å²) in [4.78, 5) is 40.7. The van der Waals surface area contributed by atoms with E-state index in [9.17, 15) is 14.4 Å². The largest absolute Gasteiger partial charge is 0.497 e. The lowest BCUT2D eigenvalue weighted by molar-refractivity contribution is -0.121. The average molecular weight is 425 g/mol. The van der Waals surface area contributed by atoms with Gasteiger partial charge in [0.1, 0.15) is 17.2 Å². The van der Waals surface area contributed by atoms with Gasteiger partial charge < -0.3 is 29.8 Å². The van der Waals surface area contributed by atoms with E-state index in [0.717, 1.165) is 0 Å². The molecule has 3 aromatic rings. The van der Waals surface area contributed by atoms with Crippen LogP contribution < -0.4 is 20.1 Å². The lowest BCUT2D eigenvalue weighted by Crippen LogP contribution is -2.37. The number of nitrogens with zero attached hydrogens (tertiary/aromatic N) is 1. The Balaban J connectivity index is 1.73. The van der Waals surface area contributed by atoms with Gasteiger partial charge in [0, 0.05) is 30.1 Å². The van der Waals surface area contributed by atoms with Crippen molar-refractivity contribution in [1.82, 2.24) is 4.98 Å². The molecule has 1 aromatic heterocycles. The molecule has 0 bridgehead atoms. The summed E-state index contributed by atoms with van der Waals surface area (Å²) in [6.07, 6.45) is -0.0156. The summed E-state index contributed by atoms with van der Waals surface area (Å²) in [5, 5.41) is 0.696. The number of hydrogen-bond acceptors (Lipinski definition) is 6. The maximum absolute atomic E-state index is 12.7. The molecule has 0 fully saturated rings. The molecule has 31 heavy (non-hydrogen) atoms. The number of carbonyl (C=O) groups excluding carboxylic acids is 3. The third kappa shape index (κ3) is 5.13. The van der Waals surface area contributed by atoms with E-state index in [1.165, 1.54) is 19.1 Å². The minimum Gasteiger partial charge on any atom is -0.497 e. The highest BCUT2D eigenvalue weighted by molar-refractivity contribution is 6.00. The molecule has 0 unspecified atom stereocenters. The van der Waals surface area contributed by atoms with Crippen LogP contribution in [0.1, 0.15) is 16.9 Å². The number of para-hydroxylation sites is 1. The van der Waals surface area contributed by atoms with Gasteiger partial charge in [0.25, 0.3) is 5.91 Å². The third-order valence-electron chi connectivity index (χ3n) is 4.62. The average Bonchev–Trinajstić information content (AvgIpc) is 3.21. The van der Waals surface area contributed by atoms with Gasteiger partial charge in [-0.25, -0.2) is 4.79 Å². The fourth-order valence-corrected chi connectivity index (χ4v) is 3.08. The highest BCUT2D eigenvalue weighted by atomic mass is 16.5. The summed E-state index contributed by atoms with van der Waals surface area (Å²) < 4.78 is 15.8. The summed E-state index contributed by atoms with van der Waals surface area (Å²) in [5.74, 6) is -0.629. The molecule has 2 amide bonds. The summed E-state index contributed by atoms with van der Waals surface area (Å²) >= 11 is 0. The normalized spacial score (nSPS) is 10.5. The summed E-state index contributed by atoms with van der Waals surface area (Å²) in [6.45, 7) is -0.415. The number of fused-ring (bicyclic) bond motifs is 1. The van der Waals surface area contributed by atoms with Gasteiger partial charge in [-0.3, -0.25) is 9.59 Å². The lowest BCUT2D eigenvalue weighted by Gasteiger charge is -2.22. The fourth-order valence-electron chi connectivity index (χ4n) is 3.08. The van der Waals surface area contributed by atoms with Crippen molar-refractivity contribution in [3.8, 4) is 11.5 Å². The van der Waals surface area contributed by atoms with Gasteiger partial charge in [0.2, 0.25) is 5.91 Å². The standard InChI is InChI=1S/C22H23N3O6/c1-29-16-10-14-11-17(24-21(14)18(12-16)30-2)22(28)31-13-20(27)25(9-8-19(23)26)15-6-4-3-5-7-15/h3-7,10-12,24H,8-9,13H2,1-2H3,(H2,23,26). The number of nitrogens with one attached hydrogen (secondary N) is 1. The minimum absolute atomic E-state index is 0.0156. The fraction of sp³-hybridized carbons (Fsp3) is 0.227. The third-order valence-corrected chi connectivity index (χ3v) is 4.62. The second-order valence-corrected chi connectivity index (χ2v) is 6.65. The number of H-pyrrole nitrogens is 1. The Morgan fingerprint density at radius 2 is 1.77 bits per heavy atom. The van der Waals surface area contributed by atoms with Crippen LogP contribution in [0.4, 0.5) is 5.69 Å². The quantitative estimate of drug-likeness (QED) is 0.507. The predicted octanol–water partition coefficient (Wildman–Crippen LogP) is 2.25. The van der Waals surface area contributed by atoms with Crippen molar-refractivity contribution in [3.63, 3.8) is 0 Å². The van der Waals surface area contributed by atoms with Crippen LogP contribution in [0.2, 0.25) is 0 Å². The monoisotopic (exact) mass is 425 g/mol. The maximum Gasteiger partial charge on any atom is 0.355 e. The van der Waals surface area contributed by atoms with Crippen LogP contribution in [0.25, 0.3) is 10.9 Å². The van der Waals surface area contributed by atoms with Crippen molar-refractivity contribution in [2.75, 3.05) is 32.3 Å². The van der Waals surface area contributed by atoms with E-state index < -0.39 is 24.4 Å². The van der Waals surface area contributed by atoms with Crippen LogP contribution >= 0.6 is 0 Å². The minimum atomic E-state index is -0.700. The number of anilines is 1. The van der Waals surface area contributed by atoms with Crippen molar-refractivity contribution >= 4 is 34.4 Å². The Kier molecular flexibility index (Phi) is 6.76. The van der Waals surface area contributed by atoms with Crippen molar-refractivity contribution in [2.45, 2.75) is 6.42 Å². The number of rotatable bonds is 9. The van der Waals surface area contributed by atoms with Gasteiger partial charge >= 0.3 is 5.97 Å². The van der Waals surface area contributed by atoms with E-state index in [1.54, 1.807) is 48.5 Å². The molecule has 0 saturated carbocycles. The van der Waals surface area contributed by atoms with Crippen molar-refractivity contribution in [3.05, 3.63) is 54.2 Å². The molecule has 0 aliphatic carbocycles. The zero-order valence-corrected chi connectivity index (χ0v) is 17.2.